The second-order valence-electron chi connectivity index (χ2n) is 1.63. The van der Waals surface area contributed by atoms with Crippen LogP contribution in [0.1, 0.15) is 5.56 Å². The normalized spacial score (nSPS) is 7.80. The molecule has 0 N–H and O–H groups in total. The molecule has 0 heterocycles. The Morgan fingerprint density at radius 1 is 1.20 bits per heavy atom. The first-order chi connectivity index (χ1) is 4.79. The molecule has 0 aliphatic heterocycles. The van der Waals surface area contributed by atoms with Crippen LogP contribution in [0.25, 0.3) is 0 Å². The third-order valence-corrected chi connectivity index (χ3v) is 1.44. The topological polar surface area (TPSA) is 0 Å². The van der Waals surface area contributed by atoms with Crippen LogP contribution in [0.2, 0.25) is 0 Å². The molecule has 3 heteroatoms. The number of hydrogen-bond donors (Lipinski definition) is 0. The van der Waals surface area contributed by atoms with Crippen LogP contribution in [0.5, 0.6) is 0 Å². The molecule has 0 atom stereocenters. The van der Waals surface area contributed by atoms with Crippen molar-refractivity contribution < 1.29 is 15.1 Å². The van der Waals surface area contributed by atoms with Crippen LogP contribution in [0, 0.1) is 6.92 Å². The maximum atomic E-state index is 4.45. The summed E-state index contributed by atoms with van der Waals surface area (Å²) in [5.41, 5.74) is 1.05. The van der Waals surface area contributed by atoms with Crippen LogP contribution in [0.4, 0.5) is 0 Å². The van der Waals surface area contributed by atoms with E-state index in [1.54, 1.807) is 0 Å². The zero-order valence-electron chi connectivity index (χ0n) is 5.15. The molecule has 0 aromatic heterocycles. The molecule has 0 radical (unpaired) electrons. The third kappa shape index (κ3) is 4.24. The molecule has 0 unspecified atom stereocenters. The maximum absolute atomic E-state index is 4.45. The first-order valence-electron chi connectivity index (χ1n) is 2.51. The van der Waals surface area contributed by atoms with Crippen molar-refractivity contribution in [3.05, 3.63) is 41.2 Å². The molecule has 0 amide bonds. The predicted octanol–water partition coefficient (Wildman–Crippen LogP) is 3.32. The molecule has 0 saturated carbocycles. The van der Waals surface area contributed by atoms with Crippen molar-refractivity contribution in [2.24, 2.45) is 0 Å². The van der Waals surface area contributed by atoms with Gasteiger partial charge in [-0.15, -0.1) is 12.1 Å². The van der Waals surface area contributed by atoms with Crippen molar-refractivity contribution in [2.45, 2.75) is 0 Å². The molecule has 0 aliphatic rings. The second kappa shape index (κ2) is 6.11. The van der Waals surface area contributed by atoms with E-state index in [-0.39, 0.29) is 0 Å². The fraction of sp³-hybridized carbons (Fsp3) is 0. The van der Waals surface area contributed by atoms with E-state index in [0.29, 0.717) is 0 Å². The van der Waals surface area contributed by atoms with Crippen LogP contribution in [-0.4, -0.2) is 0 Å². The van der Waals surface area contributed by atoms with Crippen molar-refractivity contribution >= 4 is 26.0 Å². The summed E-state index contributed by atoms with van der Waals surface area (Å²) in [5, 5.41) is 0. The second-order valence-corrected chi connectivity index (χ2v) is 2.54. The summed E-state index contributed by atoms with van der Waals surface area (Å²) in [5.74, 6) is 0. The minimum absolute atomic E-state index is 1.05. The van der Waals surface area contributed by atoms with Crippen molar-refractivity contribution in [1.29, 1.82) is 0 Å². The quantitative estimate of drug-likeness (QED) is 0.496. The summed E-state index contributed by atoms with van der Waals surface area (Å²) < 4.78 is 1.10. The fourth-order valence-corrected chi connectivity index (χ4v) is 0.749. The molecule has 1 aromatic rings. The van der Waals surface area contributed by atoms with E-state index < -0.39 is 0 Å². The molecule has 0 nitrogen and oxygen atoms in total. The van der Waals surface area contributed by atoms with Crippen LogP contribution in [0.15, 0.2) is 28.7 Å². The number of hydrogen-bond acceptors (Lipinski definition) is 0. The van der Waals surface area contributed by atoms with Gasteiger partial charge in [-0.25, -0.2) is 0 Å². The molecule has 10 heavy (non-hydrogen) atoms. The van der Waals surface area contributed by atoms with Gasteiger partial charge in [-0.05, 0) is 4.47 Å². The van der Waals surface area contributed by atoms with Gasteiger partial charge in [-0.2, -0.15) is 24.6 Å². The van der Waals surface area contributed by atoms with Crippen molar-refractivity contribution in [3.8, 4) is 0 Å². The van der Waals surface area contributed by atoms with E-state index in [0.717, 1.165) is 10.0 Å². The Hall–Kier alpha value is 0.379. The van der Waals surface area contributed by atoms with Crippen LogP contribution >= 0.6 is 26.0 Å². The molecule has 0 spiro atoms. The van der Waals surface area contributed by atoms with E-state index in [1.807, 2.05) is 24.3 Å². The summed E-state index contributed by atoms with van der Waals surface area (Å²) in [6.45, 7) is 3.74. The third-order valence-electron chi connectivity index (χ3n) is 0.913. The average Bonchev–Trinajstić information content (AvgIpc) is 2.00. The van der Waals surface area contributed by atoms with E-state index in [1.165, 1.54) is 0 Å². The predicted molar refractivity (Wildman–Crippen MR) is 44.5 cm³/mol. The van der Waals surface area contributed by atoms with Gasteiger partial charge in [0.15, 0.2) is 0 Å². The summed E-state index contributed by atoms with van der Waals surface area (Å²) in [6, 6.07) is 7.87. The van der Waals surface area contributed by atoms with Crippen LogP contribution in [-0.2, 0) is 15.1 Å². The van der Waals surface area contributed by atoms with Gasteiger partial charge >= 0.3 is 25.2 Å². The van der Waals surface area contributed by atoms with Crippen molar-refractivity contribution in [3.63, 3.8) is 0 Å². The summed E-state index contributed by atoms with van der Waals surface area (Å²) >= 11 is 5.73. The molecule has 55 valence electrons. The van der Waals surface area contributed by atoms with Crippen molar-refractivity contribution in [1.82, 2.24) is 0 Å². The van der Waals surface area contributed by atoms with Gasteiger partial charge in [0.2, 0.25) is 0 Å². The van der Waals surface area contributed by atoms with E-state index in [2.05, 4.69) is 48.1 Å². The Kier molecular flexibility index (Phi) is 6.35. The minimum atomic E-state index is 1.05. The molecule has 0 fully saturated rings. The zero-order valence-corrected chi connectivity index (χ0v) is 8.67. The van der Waals surface area contributed by atoms with Gasteiger partial charge in [-0.3, -0.25) is 0 Å². The number of halogens is 2. The fourth-order valence-electron chi connectivity index (χ4n) is 0.484. The Balaban J connectivity index is 0.000000371. The summed E-state index contributed by atoms with van der Waals surface area (Å²) in [4.78, 5) is 0. The first-order valence-corrected chi connectivity index (χ1v) is 4.92. The van der Waals surface area contributed by atoms with Gasteiger partial charge in [0.05, 0.1) is 0 Å². The van der Waals surface area contributed by atoms with Crippen LogP contribution in [0.3, 0.4) is 0 Å². The van der Waals surface area contributed by atoms with E-state index in [4.69, 9.17) is 0 Å². The Morgan fingerprint density at radius 2 is 1.60 bits per heavy atom. The SMILES string of the molecule is [CH2-]c1ccc(Br)cc1.[Cl][Mn+]. The number of rotatable bonds is 0. The Labute approximate surface area is 82.1 Å². The molecule has 0 aliphatic carbocycles. The molecule has 0 bridgehead atoms. The molecular weight excluding hydrogens is 254 g/mol. The Morgan fingerprint density at radius 3 is 1.90 bits per heavy atom. The number of benzene rings is 1. The Bertz CT molecular complexity index is 152. The van der Waals surface area contributed by atoms with Crippen molar-refractivity contribution in [2.75, 3.05) is 0 Å². The first kappa shape index (κ1) is 10.4. The van der Waals surface area contributed by atoms with Gasteiger partial charge < -0.3 is 0 Å². The molecule has 0 saturated heterocycles. The molecule has 1 rings (SSSR count). The van der Waals surface area contributed by atoms with Gasteiger partial charge in [0, 0.05) is 0 Å². The van der Waals surface area contributed by atoms with E-state index >= 15 is 0 Å². The molecular formula is C7H6BrClMn. The summed E-state index contributed by atoms with van der Waals surface area (Å²) in [7, 11) is 4.45. The standard InChI is InChI=1S/C7H6Br.ClH.Mn/c1-6-2-4-7(8)5-3-6;;/h2-5H,1H2;1H;/q-1;;+2/p-1. The van der Waals surface area contributed by atoms with Gasteiger partial charge in [0.1, 0.15) is 0 Å². The van der Waals surface area contributed by atoms with Gasteiger partial charge in [0.25, 0.3) is 0 Å². The monoisotopic (exact) mass is 259 g/mol. The van der Waals surface area contributed by atoms with Gasteiger partial charge in [-0.1, -0.05) is 15.9 Å². The van der Waals surface area contributed by atoms with Crippen LogP contribution < -0.4 is 0 Å². The zero-order chi connectivity index (χ0) is 7.98. The average molecular weight is 260 g/mol. The van der Waals surface area contributed by atoms with E-state index in [9.17, 15) is 0 Å². The molecule has 1 aromatic carbocycles. The summed E-state index contributed by atoms with van der Waals surface area (Å²) in [6.07, 6.45) is 0.